The van der Waals surface area contributed by atoms with E-state index >= 15 is 0 Å². The Balaban J connectivity index is 0.000000980. The molecule has 1 aliphatic heterocycles. The summed E-state index contributed by atoms with van der Waals surface area (Å²) in [5, 5.41) is 11.9. The van der Waals surface area contributed by atoms with Crippen LogP contribution in [-0.2, 0) is 0 Å². The van der Waals surface area contributed by atoms with Crippen molar-refractivity contribution in [1.82, 2.24) is 0 Å². The van der Waals surface area contributed by atoms with E-state index in [0.717, 1.165) is 12.2 Å². The smallest absolute Gasteiger partial charge is 0.339 e. The van der Waals surface area contributed by atoms with Crippen LogP contribution in [0.3, 0.4) is 0 Å². The molecule has 0 aromatic heterocycles. The molecule has 0 aliphatic carbocycles. The van der Waals surface area contributed by atoms with Crippen LogP contribution in [-0.4, -0.2) is 24.2 Å². The number of hydrogen-bond acceptors (Lipinski definition) is 3. The largest absolute Gasteiger partial charge is 0.489 e. The molecule has 76 valence electrons. The summed E-state index contributed by atoms with van der Waals surface area (Å²) in [6.07, 6.45) is 0. The van der Waals surface area contributed by atoms with Gasteiger partial charge in [-0.15, -0.1) is 12.4 Å². The molecule has 1 heterocycles. The van der Waals surface area contributed by atoms with Crippen LogP contribution in [0, 0.1) is 0 Å². The highest BCUT2D eigenvalue weighted by Crippen LogP contribution is 2.30. The number of fused-ring (bicyclic) bond motifs is 1. The molecule has 1 aromatic carbocycles. The molecular weight excluding hydrogens is 206 g/mol. The fourth-order valence-electron chi connectivity index (χ4n) is 1.34. The highest BCUT2D eigenvalue weighted by Gasteiger charge is 2.17. The lowest BCUT2D eigenvalue weighted by Crippen LogP contribution is -2.19. The first-order valence-electron chi connectivity index (χ1n) is 4.02. The molecular formula is C9H10ClNO3. The van der Waals surface area contributed by atoms with Crippen LogP contribution >= 0.6 is 12.4 Å². The summed E-state index contributed by atoms with van der Waals surface area (Å²) in [4.78, 5) is 10.8. The number of hydrogen-bond donors (Lipinski definition) is 2. The van der Waals surface area contributed by atoms with Crippen molar-refractivity contribution >= 4 is 24.1 Å². The van der Waals surface area contributed by atoms with E-state index in [1.165, 1.54) is 6.07 Å². The average molecular weight is 216 g/mol. The van der Waals surface area contributed by atoms with Gasteiger partial charge in [0.1, 0.15) is 12.2 Å². The molecule has 0 fully saturated rings. The molecule has 0 amide bonds. The third-order valence-electron chi connectivity index (χ3n) is 1.91. The molecule has 1 aliphatic rings. The third-order valence-corrected chi connectivity index (χ3v) is 1.91. The van der Waals surface area contributed by atoms with Gasteiger partial charge in [0, 0.05) is 6.54 Å². The van der Waals surface area contributed by atoms with Gasteiger partial charge in [0.05, 0.1) is 5.69 Å². The Hall–Kier alpha value is -1.42. The normalized spacial score (nSPS) is 12.9. The minimum absolute atomic E-state index is 0. The zero-order valence-electron chi connectivity index (χ0n) is 7.32. The first kappa shape index (κ1) is 10.7. The number of benzene rings is 1. The van der Waals surface area contributed by atoms with E-state index in [2.05, 4.69) is 5.32 Å². The van der Waals surface area contributed by atoms with Gasteiger partial charge in [-0.05, 0) is 12.1 Å². The summed E-state index contributed by atoms with van der Waals surface area (Å²) in [5.74, 6) is -0.512. The quantitative estimate of drug-likeness (QED) is 0.747. The number of carbonyl (C=O) groups is 1. The number of rotatable bonds is 1. The topological polar surface area (TPSA) is 58.6 Å². The summed E-state index contributed by atoms with van der Waals surface area (Å²) < 4.78 is 5.27. The molecule has 0 saturated heterocycles. The predicted octanol–water partition coefficient (Wildman–Crippen LogP) is 1.61. The summed E-state index contributed by atoms with van der Waals surface area (Å²) in [7, 11) is 0. The van der Waals surface area contributed by atoms with Crippen LogP contribution in [0.15, 0.2) is 18.2 Å². The van der Waals surface area contributed by atoms with E-state index in [4.69, 9.17) is 9.84 Å². The average Bonchev–Trinajstić information content (AvgIpc) is 2.17. The second-order valence-corrected chi connectivity index (χ2v) is 2.76. The zero-order valence-corrected chi connectivity index (χ0v) is 8.13. The second-order valence-electron chi connectivity index (χ2n) is 2.76. The minimum atomic E-state index is -0.958. The maximum Gasteiger partial charge on any atom is 0.339 e. The van der Waals surface area contributed by atoms with Gasteiger partial charge < -0.3 is 15.2 Å². The molecule has 14 heavy (non-hydrogen) atoms. The summed E-state index contributed by atoms with van der Waals surface area (Å²) in [6.45, 7) is 1.23. The summed E-state index contributed by atoms with van der Waals surface area (Å²) in [5.41, 5.74) is 0.968. The first-order chi connectivity index (χ1) is 6.29. The first-order valence-corrected chi connectivity index (χ1v) is 4.02. The number of ether oxygens (including phenoxy) is 1. The van der Waals surface area contributed by atoms with E-state index in [0.29, 0.717) is 12.4 Å². The number of aromatic carboxylic acids is 1. The molecule has 2 rings (SSSR count). The molecule has 5 heteroatoms. The van der Waals surface area contributed by atoms with Gasteiger partial charge in [-0.25, -0.2) is 4.79 Å². The predicted molar refractivity (Wildman–Crippen MR) is 54.6 cm³/mol. The Kier molecular flexibility index (Phi) is 3.19. The van der Waals surface area contributed by atoms with E-state index < -0.39 is 5.97 Å². The van der Waals surface area contributed by atoms with Crippen LogP contribution in [0.5, 0.6) is 5.75 Å². The number of nitrogens with one attached hydrogen (secondary N) is 1. The molecule has 1 aromatic rings. The number of carboxylic acids is 1. The van der Waals surface area contributed by atoms with E-state index in [1.807, 2.05) is 0 Å². The van der Waals surface area contributed by atoms with E-state index in [9.17, 15) is 4.79 Å². The summed E-state index contributed by atoms with van der Waals surface area (Å²) >= 11 is 0. The number of para-hydroxylation sites is 1. The van der Waals surface area contributed by atoms with Gasteiger partial charge in [-0.2, -0.15) is 0 Å². The Bertz CT molecular complexity index is 354. The lowest BCUT2D eigenvalue weighted by atomic mass is 10.1. The van der Waals surface area contributed by atoms with Crippen molar-refractivity contribution < 1.29 is 14.6 Å². The lowest BCUT2D eigenvalue weighted by Gasteiger charge is -2.20. The van der Waals surface area contributed by atoms with Crippen molar-refractivity contribution in [3.63, 3.8) is 0 Å². The lowest BCUT2D eigenvalue weighted by molar-refractivity contribution is 0.0692. The minimum Gasteiger partial charge on any atom is -0.489 e. The van der Waals surface area contributed by atoms with Crippen molar-refractivity contribution in [1.29, 1.82) is 0 Å². The second kappa shape index (κ2) is 4.19. The Morgan fingerprint density at radius 2 is 2.29 bits per heavy atom. The van der Waals surface area contributed by atoms with Gasteiger partial charge in [-0.1, -0.05) is 6.07 Å². The maximum absolute atomic E-state index is 10.8. The fourth-order valence-corrected chi connectivity index (χ4v) is 1.34. The SMILES string of the molecule is Cl.O=C(O)c1cccc2c1OCCN2. The van der Waals surface area contributed by atoms with Crippen molar-refractivity contribution in [3.8, 4) is 5.75 Å². The summed E-state index contributed by atoms with van der Waals surface area (Å²) in [6, 6.07) is 5.04. The Morgan fingerprint density at radius 1 is 1.50 bits per heavy atom. The van der Waals surface area contributed by atoms with Gasteiger partial charge in [0.15, 0.2) is 5.75 Å². The molecule has 0 saturated carbocycles. The zero-order chi connectivity index (χ0) is 9.26. The molecule has 0 atom stereocenters. The van der Waals surface area contributed by atoms with E-state index in [-0.39, 0.29) is 18.0 Å². The van der Waals surface area contributed by atoms with Crippen molar-refractivity contribution in [2.75, 3.05) is 18.5 Å². The third kappa shape index (κ3) is 1.75. The molecule has 0 unspecified atom stereocenters. The van der Waals surface area contributed by atoms with Crippen LogP contribution in [0.2, 0.25) is 0 Å². The molecule has 0 radical (unpaired) electrons. The van der Waals surface area contributed by atoms with Gasteiger partial charge in [0.2, 0.25) is 0 Å². The van der Waals surface area contributed by atoms with Crippen molar-refractivity contribution in [2.24, 2.45) is 0 Å². The highest BCUT2D eigenvalue weighted by molar-refractivity contribution is 5.93. The van der Waals surface area contributed by atoms with E-state index in [1.54, 1.807) is 12.1 Å². The molecule has 2 N–H and O–H groups in total. The fraction of sp³-hybridized carbons (Fsp3) is 0.222. The Morgan fingerprint density at radius 3 is 3.00 bits per heavy atom. The molecule has 0 spiro atoms. The van der Waals surface area contributed by atoms with Crippen LogP contribution in [0.25, 0.3) is 0 Å². The molecule has 0 bridgehead atoms. The molecule has 4 nitrogen and oxygen atoms in total. The number of halogens is 1. The van der Waals surface area contributed by atoms with Crippen LogP contribution in [0.4, 0.5) is 5.69 Å². The number of carboxylic acid groups (broad SMARTS) is 1. The highest BCUT2D eigenvalue weighted by atomic mass is 35.5. The van der Waals surface area contributed by atoms with Gasteiger partial charge >= 0.3 is 5.97 Å². The monoisotopic (exact) mass is 215 g/mol. The van der Waals surface area contributed by atoms with Crippen LogP contribution in [0.1, 0.15) is 10.4 Å². The standard InChI is InChI=1S/C9H9NO3.ClH/c11-9(12)6-2-1-3-7-8(6)13-5-4-10-7;/h1-3,10H,4-5H2,(H,11,12);1H. The van der Waals surface area contributed by atoms with Gasteiger partial charge in [0.25, 0.3) is 0 Å². The van der Waals surface area contributed by atoms with Crippen molar-refractivity contribution in [2.45, 2.75) is 0 Å². The van der Waals surface area contributed by atoms with Gasteiger partial charge in [-0.3, -0.25) is 0 Å². The van der Waals surface area contributed by atoms with Crippen LogP contribution < -0.4 is 10.1 Å². The number of anilines is 1. The Labute approximate surface area is 87.3 Å². The van der Waals surface area contributed by atoms with Crippen molar-refractivity contribution in [3.05, 3.63) is 23.8 Å². The maximum atomic E-state index is 10.8.